The third-order valence-electron chi connectivity index (χ3n) is 2.87. The van der Waals surface area contributed by atoms with Gasteiger partial charge < -0.3 is 5.32 Å². The first-order valence-corrected chi connectivity index (χ1v) is 7.40. The van der Waals surface area contributed by atoms with Crippen LogP contribution in [-0.2, 0) is 6.54 Å². The molecule has 0 unspecified atom stereocenters. The first-order valence-electron chi connectivity index (χ1n) is 6.14. The molecule has 0 aliphatic carbocycles. The van der Waals surface area contributed by atoms with Gasteiger partial charge in [-0.15, -0.1) is 11.3 Å². The minimum absolute atomic E-state index is 0.466. The van der Waals surface area contributed by atoms with Crippen LogP contribution in [0.3, 0.4) is 0 Å². The minimum Gasteiger partial charge on any atom is -0.310 e. The van der Waals surface area contributed by atoms with Crippen LogP contribution in [0.1, 0.15) is 25.0 Å². The van der Waals surface area contributed by atoms with E-state index in [2.05, 4.69) is 49.7 Å². The van der Waals surface area contributed by atoms with Gasteiger partial charge in [-0.3, -0.25) is 0 Å². The van der Waals surface area contributed by atoms with Crippen LogP contribution < -0.4 is 5.32 Å². The van der Waals surface area contributed by atoms with Crippen molar-refractivity contribution in [2.75, 3.05) is 0 Å². The van der Waals surface area contributed by atoms with Crippen LogP contribution in [-0.4, -0.2) is 6.04 Å². The fourth-order valence-electron chi connectivity index (χ4n) is 1.83. The number of rotatable bonds is 4. The summed E-state index contributed by atoms with van der Waals surface area (Å²) >= 11 is 8.02. The second-order valence-corrected chi connectivity index (χ2v) is 6.10. The maximum atomic E-state index is 6.24. The molecule has 2 aromatic rings. The van der Waals surface area contributed by atoms with Crippen molar-refractivity contribution in [1.29, 1.82) is 0 Å². The van der Waals surface area contributed by atoms with E-state index in [9.17, 15) is 0 Å². The summed E-state index contributed by atoms with van der Waals surface area (Å²) in [7, 11) is 0. The summed E-state index contributed by atoms with van der Waals surface area (Å²) in [6.45, 7) is 7.24. The Morgan fingerprint density at radius 1 is 1.28 bits per heavy atom. The van der Waals surface area contributed by atoms with E-state index >= 15 is 0 Å². The Morgan fingerprint density at radius 3 is 2.67 bits per heavy atom. The highest BCUT2D eigenvalue weighted by molar-refractivity contribution is 7.13. The number of hydrogen-bond acceptors (Lipinski definition) is 2. The SMILES string of the molecule is Cc1ccsc1-c1ccc(Cl)c(CNC(C)C)c1. The van der Waals surface area contributed by atoms with Crippen LogP contribution >= 0.6 is 22.9 Å². The molecule has 1 aromatic carbocycles. The molecular formula is C15H18ClNS. The summed E-state index contributed by atoms with van der Waals surface area (Å²) in [4.78, 5) is 1.33. The van der Waals surface area contributed by atoms with Gasteiger partial charge in [0, 0.05) is 22.5 Å². The van der Waals surface area contributed by atoms with Crippen molar-refractivity contribution in [3.8, 4) is 10.4 Å². The van der Waals surface area contributed by atoms with Gasteiger partial charge in [0.1, 0.15) is 0 Å². The summed E-state index contributed by atoms with van der Waals surface area (Å²) < 4.78 is 0. The largest absolute Gasteiger partial charge is 0.310 e. The molecule has 0 amide bonds. The molecular weight excluding hydrogens is 262 g/mol. The Labute approximate surface area is 118 Å². The molecule has 0 aliphatic rings. The molecule has 0 radical (unpaired) electrons. The normalized spacial score (nSPS) is 11.2. The predicted molar refractivity (Wildman–Crippen MR) is 81.5 cm³/mol. The predicted octanol–water partition coefficient (Wildman–Crippen LogP) is 4.87. The third-order valence-corrected chi connectivity index (χ3v) is 4.31. The van der Waals surface area contributed by atoms with E-state index in [1.165, 1.54) is 16.0 Å². The van der Waals surface area contributed by atoms with Crippen molar-refractivity contribution < 1.29 is 0 Å². The van der Waals surface area contributed by atoms with Gasteiger partial charge in [0.15, 0.2) is 0 Å². The van der Waals surface area contributed by atoms with Crippen LogP contribution in [0.5, 0.6) is 0 Å². The van der Waals surface area contributed by atoms with Gasteiger partial charge in [-0.05, 0) is 47.2 Å². The smallest absolute Gasteiger partial charge is 0.0451 e. The molecule has 0 bridgehead atoms. The molecule has 0 spiro atoms. The average Bonchev–Trinajstić information content (AvgIpc) is 2.74. The van der Waals surface area contributed by atoms with Crippen molar-refractivity contribution >= 4 is 22.9 Å². The molecule has 0 saturated heterocycles. The van der Waals surface area contributed by atoms with E-state index < -0.39 is 0 Å². The quantitative estimate of drug-likeness (QED) is 0.841. The van der Waals surface area contributed by atoms with Crippen molar-refractivity contribution in [3.05, 3.63) is 45.8 Å². The van der Waals surface area contributed by atoms with Gasteiger partial charge in [-0.2, -0.15) is 0 Å². The summed E-state index contributed by atoms with van der Waals surface area (Å²) in [5.74, 6) is 0. The molecule has 0 saturated carbocycles. The fourth-order valence-corrected chi connectivity index (χ4v) is 2.94. The van der Waals surface area contributed by atoms with Gasteiger partial charge >= 0.3 is 0 Å². The van der Waals surface area contributed by atoms with Crippen molar-refractivity contribution in [2.45, 2.75) is 33.4 Å². The Balaban J connectivity index is 2.29. The monoisotopic (exact) mass is 279 g/mol. The van der Waals surface area contributed by atoms with Crippen molar-refractivity contribution in [3.63, 3.8) is 0 Å². The van der Waals surface area contributed by atoms with E-state index in [0.29, 0.717) is 6.04 Å². The molecule has 1 heterocycles. The number of benzene rings is 1. The number of aryl methyl sites for hydroxylation is 1. The van der Waals surface area contributed by atoms with Gasteiger partial charge in [0.25, 0.3) is 0 Å². The highest BCUT2D eigenvalue weighted by Gasteiger charge is 2.07. The first-order chi connectivity index (χ1) is 8.58. The lowest BCUT2D eigenvalue weighted by Gasteiger charge is -2.11. The average molecular weight is 280 g/mol. The van der Waals surface area contributed by atoms with Crippen molar-refractivity contribution in [2.24, 2.45) is 0 Å². The molecule has 18 heavy (non-hydrogen) atoms. The molecule has 1 nitrogen and oxygen atoms in total. The maximum Gasteiger partial charge on any atom is 0.0451 e. The zero-order valence-electron chi connectivity index (χ0n) is 11.0. The molecule has 96 valence electrons. The van der Waals surface area contributed by atoms with Crippen LogP contribution in [0.15, 0.2) is 29.6 Å². The Kier molecular flexibility index (Phi) is 4.44. The number of thiophene rings is 1. The zero-order valence-corrected chi connectivity index (χ0v) is 12.5. The van der Waals surface area contributed by atoms with Crippen LogP contribution in [0.2, 0.25) is 5.02 Å². The lowest BCUT2D eigenvalue weighted by atomic mass is 10.1. The van der Waals surface area contributed by atoms with Crippen LogP contribution in [0.25, 0.3) is 10.4 Å². The summed E-state index contributed by atoms with van der Waals surface area (Å²) in [6.07, 6.45) is 0. The molecule has 1 N–H and O–H groups in total. The Bertz CT molecular complexity index is 531. The standard InChI is InChI=1S/C15H18ClNS/c1-10(2)17-9-13-8-12(4-5-14(13)16)15-11(3)6-7-18-15/h4-8,10,17H,9H2,1-3H3. The maximum absolute atomic E-state index is 6.24. The van der Waals surface area contributed by atoms with E-state index in [0.717, 1.165) is 17.1 Å². The first kappa shape index (κ1) is 13.6. The third kappa shape index (κ3) is 3.14. The van der Waals surface area contributed by atoms with Gasteiger partial charge in [-0.1, -0.05) is 31.5 Å². The van der Waals surface area contributed by atoms with Gasteiger partial charge in [0.05, 0.1) is 0 Å². The Morgan fingerprint density at radius 2 is 2.06 bits per heavy atom. The lowest BCUT2D eigenvalue weighted by Crippen LogP contribution is -2.21. The molecule has 0 atom stereocenters. The molecule has 2 rings (SSSR count). The molecule has 1 aromatic heterocycles. The van der Waals surface area contributed by atoms with E-state index in [1.807, 2.05) is 6.07 Å². The number of hydrogen-bond donors (Lipinski definition) is 1. The summed E-state index contributed by atoms with van der Waals surface area (Å²) in [5.41, 5.74) is 3.74. The number of nitrogens with one attached hydrogen (secondary N) is 1. The fraction of sp³-hybridized carbons (Fsp3) is 0.333. The summed E-state index contributed by atoms with van der Waals surface area (Å²) in [6, 6.07) is 8.90. The second kappa shape index (κ2) is 5.87. The van der Waals surface area contributed by atoms with Crippen molar-refractivity contribution in [1.82, 2.24) is 5.32 Å². The zero-order chi connectivity index (χ0) is 13.1. The van der Waals surface area contributed by atoms with Crippen LogP contribution in [0.4, 0.5) is 0 Å². The minimum atomic E-state index is 0.466. The lowest BCUT2D eigenvalue weighted by molar-refractivity contribution is 0.589. The summed E-state index contributed by atoms with van der Waals surface area (Å²) in [5, 5.41) is 6.37. The highest BCUT2D eigenvalue weighted by Crippen LogP contribution is 2.31. The van der Waals surface area contributed by atoms with Gasteiger partial charge in [-0.25, -0.2) is 0 Å². The highest BCUT2D eigenvalue weighted by atomic mass is 35.5. The van der Waals surface area contributed by atoms with E-state index in [-0.39, 0.29) is 0 Å². The van der Waals surface area contributed by atoms with Crippen LogP contribution in [0, 0.1) is 6.92 Å². The number of halogens is 1. The van der Waals surface area contributed by atoms with E-state index in [4.69, 9.17) is 11.6 Å². The Hall–Kier alpha value is -0.830. The molecule has 0 fully saturated rings. The second-order valence-electron chi connectivity index (χ2n) is 4.77. The van der Waals surface area contributed by atoms with E-state index in [1.54, 1.807) is 11.3 Å². The molecule has 3 heteroatoms. The molecule has 0 aliphatic heterocycles. The topological polar surface area (TPSA) is 12.0 Å². The van der Waals surface area contributed by atoms with Gasteiger partial charge in [0.2, 0.25) is 0 Å².